The number of likely N-dealkylation sites (N-methyl/N-ethyl adjacent to an activating group) is 1. The lowest BCUT2D eigenvalue weighted by molar-refractivity contribution is -1.01. The second-order valence-electron chi connectivity index (χ2n) is 6.07. The zero-order valence-corrected chi connectivity index (χ0v) is 15.5. The third kappa shape index (κ3) is 6.77. The predicted octanol–water partition coefficient (Wildman–Crippen LogP) is -0.991. The first-order valence-corrected chi connectivity index (χ1v) is 9.28. The van der Waals surface area contributed by atoms with Crippen molar-refractivity contribution >= 4 is 15.9 Å². The number of aliphatic hydroxyl groups excluding tert-OH is 1. The van der Waals surface area contributed by atoms with Crippen LogP contribution in [0.4, 0.5) is 0 Å². The number of piperazine rings is 1. The molecule has 0 bridgehead atoms. The first-order valence-electron chi connectivity index (χ1n) is 8.49. The highest BCUT2D eigenvalue weighted by Crippen LogP contribution is 2.23. The number of quaternary nitrogens is 2. The summed E-state index contributed by atoms with van der Waals surface area (Å²) < 4.78 is 12.1. The van der Waals surface area contributed by atoms with Gasteiger partial charge >= 0.3 is 0 Å². The zero-order chi connectivity index (χ0) is 16.5. The summed E-state index contributed by atoms with van der Waals surface area (Å²) in [7, 11) is 0. The Labute approximate surface area is 147 Å². The van der Waals surface area contributed by atoms with Gasteiger partial charge in [-0.15, -0.1) is 0 Å². The molecule has 23 heavy (non-hydrogen) atoms. The average molecular weight is 389 g/mol. The molecule has 1 fully saturated rings. The SMILES string of the molecule is CC[NH+]1CC[NH+](C[C@@H](O)COCCOc2ccccc2Br)CC1. The molecule has 0 amide bonds. The molecule has 1 aliphatic heterocycles. The summed E-state index contributed by atoms with van der Waals surface area (Å²) in [5.74, 6) is 0.817. The number of hydrogen-bond donors (Lipinski definition) is 3. The smallest absolute Gasteiger partial charge is 0.133 e. The molecule has 0 aromatic heterocycles. The van der Waals surface area contributed by atoms with Gasteiger partial charge in [-0.25, -0.2) is 0 Å². The topological polar surface area (TPSA) is 47.6 Å². The van der Waals surface area contributed by atoms with Gasteiger partial charge in [0.2, 0.25) is 0 Å². The highest BCUT2D eigenvalue weighted by atomic mass is 79.9. The van der Waals surface area contributed by atoms with Crippen molar-refractivity contribution in [3.63, 3.8) is 0 Å². The normalized spacial score (nSPS) is 22.7. The van der Waals surface area contributed by atoms with E-state index in [2.05, 4.69) is 22.9 Å². The van der Waals surface area contributed by atoms with Gasteiger partial charge in [0.1, 0.15) is 51.2 Å². The molecule has 0 aliphatic carbocycles. The van der Waals surface area contributed by atoms with Crippen LogP contribution in [-0.4, -0.2) is 70.3 Å². The molecule has 1 saturated heterocycles. The van der Waals surface area contributed by atoms with Crippen LogP contribution in [-0.2, 0) is 4.74 Å². The lowest BCUT2D eigenvalue weighted by atomic mass is 10.2. The first kappa shape index (κ1) is 18.7. The van der Waals surface area contributed by atoms with E-state index in [0.717, 1.165) is 29.9 Å². The summed E-state index contributed by atoms with van der Waals surface area (Å²) >= 11 is 3.44. The van der Waals surface area contributed by atoms with Crippen LogP contribution in [0.1, 0.15) is 6.92 Å². The first-order chi connectivity index (χ1) is 11.2. The number of hydrogen-bond acceptors (Lipinski definition) is 3. The minimum Gasteiger partial charge on any atom is -0.490 e. The van der Waals surface area contributed by atoms with Crippen molar-refractivity contribution in [2.24, 2.45) is 0 Å². The number of nitrogens with one attached hydrogen (secondary N) is 2. The number of para-hydroxylation sites is 1. The molecular formula is C17H29BrN2O3+2. The van der Waals surface area contributed by atoms with Crippen LogP contribution >= 0.6 is 15.9 Å². The third-order valence-corrected chi connectivity index (χ3v) is 4.98. The average Bonchev–Trinajstić information content (AvgIpc) is 2.57. The molecule has 130 valence electrons. The Balaban J connectivity index is 1.53. The maximum absolute atomic E-state index is 10.1. The highest BCUT2D eigenvalue weighted by molar-refractivity contribution is 9.10. The van der Waals surface area contributed by atoms with Crippen molar-refractivity contribution in [2.45, 2.75) is 13.0 Å². The maximum atomic E-state index is 10.1. The lowest BCUT2D eigenvalue weighted by Crippen LogP contribution is -3.28. The Kier molecular flexibility index (Phi) is 8.33. The van der Waals surface area contributed by atoms with Crippen LogP contribution in [0.3, 0.4) is 0 Å². The fourth-order valence-electron chi connectivity index (χ4n) is 2.90. The summed E-state index contributed by atoms with van der Waals surface area (Å²) in [6, 6.07) is 7.75. The standard InChI is InChI=1S/C17H27BrN2O3/c1-2-19-7-9-20(10-8-19)13-15(21)14-22-11-12-23-17-6-4-3-5-16(17)18/h3-6,15,21H,2,7-14H2,1H3/p+2/t15-/m1/s1. The Morgan fingerprint density at radius 2 is 1.83 bits per heavy atom. The van der Waals surface area contributed by atoms with E-state index in [1.807, 2.05) is 24.3 Å². The van der Waals surface area contributed by atoms with Crippen LogP contribution in [0.25, 0.3) is 0 Å². The van der Waals surface area contributed by atoms with Crippen molar-refractivity contribution in [2.75, 3.05) is 59.1 Å². The van der Waals surface area contributed by atoms with E-state index >= 15 is 0 Å². The molecule has 0 unspecified atom stereocenters. The quantitative estimate of drug-likeness (QED) is 0.476. The van der Waals surface area contributed by atoms with Crippen LogP contribution < -0.4 is 14.5 Å². The maximum Gasteiger partial charge on any atom is 0.133 e. The van der Waals surface area contributed by atoms with Crippen LogP contribution in [0.2, 0.25) is 0 Å². The van der Waals surface area contributed by atoms with Gasteiger partial charge in [0.05, 0.1) is 24.2 Å². The number of aliphatic hydroxyl groups is 1. The van der Waals surface area contributed by atoms with Gasteiger partial charge in [0, 0.05) is 0 Å². The van der Waals surface area contributed by atoms with Crippen LogP contribution in [0.5, 0.6) is 5.75 Å². The largest absolute Gasteiger partial charge is 0.490 e. The molecule has 1 aromatic rings. The van der Waals surface area contributed by atoms with Gasteiger partial charge in [0.15, 0.2) is 0 Å². The van der Waals surface area contributed by atoms with Crippen molar-refractivity contribution < 1.29 is 24.4 Å². The van der Waals surface area contributed by atoms with E-state index in [-0.39, 0.29) is 0 Å². The molecule has 0 radical (unpaired) electrons. The number of ether oxygens (including phenoxy) is 2. The monoisotopic (exact) mass is 388 g/mol. The number of benzene rings is 1. The van der Waals surface area contributed by atoms with E-state index in [1.54, 1.807) is 4.90 Å². The molecule has 0 saturated carbocycles. The minimum absolute atomic E-state index is 0.382. The van der Waals surface area contributed by atoms with Crippen molar-refractivity contribution in [3.05, 3.63) is 28.7 Å². The van der Waals surface area contributed by atoms with Gasteiger partial charge < -0.3 is 24.4 Å². The van der Waals surface area contributed by atoms with Crippen LogP contribution in [0, 0.1) is 0 Å². The van der Waals surface area contributed by atoms with Crippen molar-refractivity contribution in [1.82, 2.24) is 0 Å². The van der Waals surface area contributed by atoms with E-state index in [9.17, 15) is 5.11 Å². The third-order valence-electron chi connectivity index (χ3n) is 4.32. The highest BCUT2D eigenvalue weighted by Gasteiger charge is 2.23. The molecule has 1 atom stereocenters. The van der Waals surface area contributed by atoms with Crippen molar-refractivity contribution in [1.29, 1.82) is 0 Å². The Hall–Kier alpha value is -0.660. The number of halogens is 1. The summed E-state index contributed by atoms with van der Waals surface area (Å²) in [5, 5.41) is 10.1. The van der Waals surface area contributed by atoms with E-state index in [0.29, 0.717) is 19.8 Å². The Morgan fingerprint density at radius 3 is 2.52 bits per heavy atom. The van der Waals surface area contributed by atoms with Crippen LogP contribution in [0.15, 0.2) is 28.7 Å². The van der Waals surface area contributed by atoms with E-state index in [1.165, 1.54) is 24.5 Å². The second kappa shape index (κ2) is 10.3. The fraction of sp³-hybridized carbons (Fsp3) is 0.647. The second-order valence-corrected chi connectivity index (χ2v) is 6.92. The minimum atomic E-state index is -0.392. The van der Waals surface area contributed by atoms with Gasteiger partial charge in [0.25, 0.3) is 0 Å². The molecule has 2 rings (SSSR count). The molecular weight excluding hydrogens is 360 g/mol. The molecule has 1 aromatic carbocycles. The van der Waals surface area contributed by atoms with Gasteiger partial charge in [-0.2, -0.15) is 0 Å². The Bertz CT molecular complexity index is 453. The molecule has 5 nitrogen and oxygen atoms in total. The van der Waals surface area contributed by atoms with Gasteiger partial charge in [-0.1, -0.05) is 12.1 Å². The fourth-order valence-corrected chi connectivity index (χ4v) is 3.30. The van der Waals surface area contributed by atoms with Gasteiger partial charge in [-0.3, -0.25) is 0 Å². The van der Waals surface area contributed by atoms with E-state index in [4.69, 9.17) is 9.47 Å². The lowest BCUT2D eigenvalue weighted by Gasteiger charge is -2.30. The summed E-state index contributed by atoms with van der Waals surface area (Å²) in [6.07, 6.45) is -0.392. The van der Waals surface area contributed by atoms with E-state index < -0.39 is 6.10 Å². The predicted molar refractivity (Wildman–Crippen MR) is 93.3 cm³/mol. The number of rotatable bonds is 9. The summed E-state index contributed by atoms with van der Waals surface area (Å²) in [6.45, 7) is 10.3. The molecule has 0 spiro atoms. The molecule has 3 N–H and O–H groups in total. The summed E-state index contributed by atoms with van der Waals surface area (Å²) in [4.78, 5) is 3.16. The molecule has 6 heteroatoms. The zero-order valence-electron chi connectivity index (χ0n) is 13.9. The molecule has 1 aliphatic rings. The summed E-state index contributed by atoms with van der Waals surface area (Å²) in [5.41, 5.74) is 0. The van der Waals surface area contributed by atoms with Crippen molar-refractivity contribution in [3.8, 4) is 5.75 Å². The molecule has 1 heterocycles. The van der Waals surface area contributed by atoms with Gasteiger partial charge in [-0.05, 0) is 35.0 Å². The Morgan fingerprint density at radius 1 is 1.13 bits per heavy atom.